The van der Waals surface area contributed by atoms with Crippen molar-refractivity contribution in [3.63, 3.8) is 0 Å². The van der Waals surface area contributed by atoms with Gasteiger partial charge in [0.2, 0.25) is 0 Å². The largest absolute Gasteiger partial charge is 0.497 e. The maximum atomic E-state index is 13.1. The molecule has 1 fully saturated rings. The molecule has 0 radical (unpaired) electrons. The van der Waals surface area contributed by atoms with E-state index < -0.39 is 0 Å². The van der Waals surface area contributed by atoms with E-state index in [1.54, 1.807) is 18.4 Å². The van der Waals surface area contributed by atoms with Crippen LogP contribution in [0, 0.1) is 6.92 Å². The standard InChI is InChI=1S/C24H27N3O2S/c1-17-26-22(23(30-17)19-8-4-3-5-9-19)24(28)25-16-21(27-14-6-7-15-27)18-10-12-20(29-2)13-11-18/h3-5,8-13,21H,6-7,14-16H2,1-2H3,(H,25,28). The predicted molar refractivity (Wildman–Crippen MR) is 121 cm³/mol. The zero-order chi connectivity index (χ0) is 20.9. The van der Waals surface area contributed by atoms with Crippen LogP contribution in [0.25, 0.3) is 10.4 Å². The molecule has 2 heterocycles. The predicted octanol–water partition coefficient (Wildman–Crippen LogP) is 4.69. The number of hydrogen-bond acceptors (Lipinski definition) is 5. The lowest BCUT2D eigenvalue weighted by atomic mass is 10.0. The van der Waals surface area contributed by atoms with Gasteiger partial charge >= 0.3 is 0 Å². The number of rotatable bonds is 7. The second-order valence-corrected chi connectivity index (χ2v) is 8.72. The number of nitrogens with one attached hydrogen (secondary N) is 1. The van der Waals surface area contributed by atoms with E-state index in [-0.39, 0.29) is 11.9 Å². The van der Waals surface area contributed by atoms with Gasteiger partial charge in [-0.15, -0.1) is 11.3 Å². The van der Waals surface area contributed by atoms with Crippen molar-refractivity contribution >= 4 is 17.2 Å². The molecule has 1 unspecified atom stereocenters. The summed E-state index contributed by atoms with van der Waals surface area (Å²) in [5.41, 5.74) is 2.73. The van der Waals surface area contributed by atoms with Crippen LogP contribution in [-0.4, -0.2) is 42.5 Å². The quantitative estimate of drug-likeness (QED) is 0.601. The number of aryl methyl sites for hydroxylation is 1. The third-order valence-electron chi connectivity index (χ3n) is 5.52. The van der Waals surface area contributed by atoms with Gasteiger partial charge in [0.25, 0.3) is 5.91 Å². The smallest absolute Gasteiger partial charge is 0.271 e. The third-order valence-corrected chi connectivity index (χ3v) is 6.54. The Morgan fingerprint density at radius 1 is 1.13 bits per heavy atom. The van der Waals surface area contributed by atoms with Gasteiger partial charge < -0.3 is 10.1 Å². The molecule has 2 aromatic carbocycles. The zero-order valence-corrected chi connectivity index (χ0v) is 18.2. The fraction of sp³-hybridized carbons (Fsp3) is 0.333. The Labute approximate surface area is 181 Å². The van der Waals surface area contributed by atoms with Gasteiger partial charge in [-0.05, 0) is 56.1 Å². The maximum Gasteiger partial charge on any atom is 0.271 e. The molecule has 1 saturated heterocycles. The highest BCUT2D eigenvalue weighted by atomic mass is 32.1. The first-order chi connectivity index (χ1) is 14.7. The van der Waals surface area contributed by atoms with Crippen LogP contribution in [-0.2, 0) is 0 Å². The number of benzene rings is 2. The van der Waals surface area contributed by atoms with Gasteiger partial charge in [0.15, 0.2) is 0 Å². The van der Waals surface area contributed by atoms with Crippen LogP contribution in [0.1, 0.15) is 39.9 Å². The van der Waals surface area contributed by atoms with Crippen LogP contribution < -0.4 is 10.1 Å². The molecule has 6 heteroatoms. The number of nitrogens with zero attached hydrogens (tertiary/aromatic N) is 2. The van der Waals surface area contributed by atoms with E-state index in [2.05, 4.69) is 27.3 Å². The molecule has 1 aliphatic heterocycles. The van der Waals surface area contributed by atoms with Gasteiger partial charge in [0.05, 0.1) is 23.0 Å². The van der Waals surface area contributed by atoms with Crippen molar-refractivity contribution in [2.45, 2.75) is 25.8 Å². The van der Waals surface area contributed by atoms with Crippen LogP contribution in [0.5, 0.6) is 5.75 Å². The van der Waals surface area contributed by atoms with E-state index in [0.717, 1.165) is 34.3 Å². The molecule has 0 saturated carbocycles. The van der Waals surface area contributed by atoms with Crippen molar-refractivity contribution in [2.24, 2.45) is 0 Å². The first kappa shape index (κ1) is 20.6. The fourth-order valence-corrected chi connectivity index (χ4v) is 4.90. The summed E-state index contributed by atoms with van der Waals surface area (Å²) in [6.07, 6.45) is 2.40. The lowest BCUT2D eigenvalue weighted by Crippen LogP contribution is -2.37. The summed E-state index contributed by atoms with van der Waals surface area (Å²) >= 11 is 1.56. The molecule has 0 aliphatic carbocycles. The number of ether oxygens (including phenoxy) is 1. The summed E-state index contributed by atoms with van der Waals surface area (Å²) in [5, 5.41) is 4.05. The van der Waals surface area contributed by atoms with Gasteiger partial charge in [0, 0.05) is 6.54 Å². The summed E-state index contributed by atoms with van der Waals surface area (Å²) in [7, 11) is 1.67. The Morgan fingerprint density at radius 2 is 1.83 bits per heavy atom. The van der Waals surface area contributed by atoms with Crippen molar-refractivity contribution in [1.29, 1.82) is 0 Å². The number of hydrogen-bond donors (Lipinski definition) is 1. The van der Waals surface area contributed by atoms with Gasteiger partial charge in [0.1, 0.15) is 11.4 Å². The van der Waals surface area contributed by atoms with Gasteiger partial charge in [-0.1, -0.05) is 42.5 Å². The SMILES string of the molecule is COc1ccc(C(CNC(=O)c2nc(C)sc2-c2ccccc2)N2CCCC2)cc1. The summed E-state index contributed by atoms with van der Waals surface area (Å²) < 4.78 is 5.30. The average Bonchev–Trinajstić information content (AvgIpc) is 3.45. The lowest BCUT2D eigenvalue weighted by Gasteiger charge is -2.28. The molecule has 0 spiro atoms. The topological polar surface area (TPSA) is 54.5 Å². The number of methoxy groups -OCH3 is 1. The molecule has 1 amide bonds. The minimum absolute atomic E-state index is 0.115. The molecule has 5 nitrogen and oxygen atoms in total. The Balaban J connectivity index is 1.53. The van der Waals surface area contributed by atoms with E-state index in [0.29, 0.717) is 12.2 Å². The average molecular weight is 422 g/mol. The van der Waals surface area contributed by atoms with Crippen LogP contribution >= 0.6 is 11.3 Å². The Bertz CT molecular complexity index is 979. The van der Waals surface area contributed by atoms with Crippen molar-refractivity contribution in [3.05, 3.63) is 70.9 Å². The van der Waals surface area contributed by atoms with Crippen LogP contribution in [0.15, 0.2) is 54.6 Å². The van der Waals surface area contributed by atoms with Crippen molar-refractivity contribution in [3.8, 4) is 16.2 Å². The normalized spacial score (nSPS) is 15.1. The number of carbonyl (C=O) groups is 1. The van der Waals surface area contributed by atoms with E-state index >= 15 is 0 Å². The first-order valence-electron chi connectivity index (χ1n) is 10.3. The minimum atomic E-state index is -0.115. The number of thiazole rings is 1. The molecule has 1 aromatic heterocycles. The lowest BCUT2D eigenvalue weighted by molar-refractivity contribution is 0.0934. The molecule has 4 rings (SSSR count). The Hall–Kier alpha value is -2.70. The van der Waals surface area contributed by atoms with Crippen LogP contribution in [0.3, 0.4) is 0 Å². The second kappa shape index (κ2) is 9.41. The molecule has 1 aliphatic rings. The summed E-state index contributed by atoms with van der Waals surface area (Å²) in [6, 6.07) is 18.3. The van der Waals surface area contributed by atoms with E-state index in [9.17, 15) is 4.79 Å². The Kier molecular flexibility index (Phi) is 6.45. The van der Waals surface area contributed by atoms with Crippen molar-refractivity contribution in [1.82, 2.24) is 15.2 Å². The highest BCUT2D eigenvalue weighted by Crippen LogP contribution is 2.30. The number of aromatic nitrogens is 1. The second-order valence-electron chi connectivity index (χ2n) is 7.52. The van der Waals surface area contributed by atoms with Crippen molar-refractivity contribution < 1.29 is 9.53 Å². The molecule has 3 aromatic rings. The maximum absolute atomic E-state index is 13.1. The summed E-state index contributed by atoms with van der Waals surface area (Å²) in [4.78, 5) is 21.0. The molecule has 1 atom stereocenters. The minimum Gasteiger partial charge on any atom is -0.497 e. The number of likely N-dealkylation sites (tertiary alicyclic amines) is 1. The number of amides is 1. The van der Waals surface area contributed by atoms with E-state index in [1.807, 2.05) is 49.4 Å². The first-order valence-corrected chi connectivity index (χ1v) is 11.2. The van der Waals surface area contributed by atoms with Gasteiger partial charge in [-0.25, -0.2) is 4.98 Å². The third kappa shape index (κ3) is 4.55. The van der Waals surface area contributed by atoms with E-state index in [4.69, 9.17) is 4.74 Å². The zero-order valence-electron chi connectivity index (χ0n) is 17.4. The van der Waals surface area contributed by atoms with Crippen LogP contribution in [0.4, 0.5) is 0 Å². The molecule has 156 valence electrons. The van der Waals surface area contributed by atoms with Gasteiger partial charge in [-0.2, -0.15) is 0 Å². The Morgan fingerprint density at radius 3 is 2.50 bits per heavy atom. The summed E-state index contributed by atoms with van der Waals surface area (Å²) in [5.74, 6) is 0.726. The molecule has 0 bridgehead atoms. The molecule has 1 N–H and O–H groups in total. The molecular formula is C24H27N3O2S. The molecule has 30 heavy (non-hydrogen) atoms. The van der Waals surface area contributed by atoms with E-state index in [1.165, 1.54) is 18.4 Å². The molecular weight excluding hydrogens is 394 g/mol. The fourth-order valence-electron chi connectivity index (χ4n) is 3.98. The van der Waals surface area contributed by atoms with Gasteiger partial charge in [-0.3, -0.25) is 9.69 Å². The van der Waals surface area contributed by atoms with Crippen molar-refractivity contribution in [2.75, 3.05) is 26.7 Å². The highest BCUT2D eigenvalue weighted by molar-refractivity contribution is 7.15. The number of carbonyl (C=O) groups excluding carboxylic acids is 1. The monoisotopic (exact) mass is 421 g/mol. The highest BCUT2D eigenvalue weighted by Gasteiger charge is 2.25. The summed E-state index contributed by atoms with van der Waals surface area (Å²) in [6.45, 7) is 4.60. The van der Waals surface area contributed by atoms with Crippen LogP contribution in [0.2, 0.25) is 0 Å².